The normalized spacial score (nSPS) is 21.1. The molecular formula is C43H78O10. The third kappa shape index (κ3) is 26.6. The molecule has 4 N–H and O–H groups in total. The van der Waals surface area contributed by atoms with E-state index in [0.29, 0.717) is 12.8 Å². The van der Waals surface area contributed by atoms with E-state index >= 15 is 0 Å². The molecule has 0 spiro atoms. The van der Waals surface area contributed by atoms with Crippen LogP contribution in [0.25, 0.3) is 0 Å². The quantitative estimate of drug-likeness (QED) is 0.0281. The summed E-state index contributed by atoms with van der Waals surface area (Å²) in [6.45, 7) is 3.38. The number of esters is 2. The Morgan fingerprint density at radius 1 is 0.566 bits per heavy atom. The van der Waals surface area contributed by atoms with Crippen molar-refractivity contribution in [2.45, 2.75) is 218 Å². The molecule has 0 aromatic carbocycles. The van der Waals surface area contributed by atoms with E-state index in [-0.39, 0.29) is 32.0 Å². The van der Waals surface area contributed by atoms with Gasteiger partial charge in [-0.15, -0.1) is 0 Å². The minimum absolute atomic E-state index is 0.219. The summed E-state index contributed by atoms with van der Waals surface area (Å²) < 4.78 is 22.1. The average Bonchev–Trinajstić information content (AvgIpc) is 3.15. The molecule has 0 bridgehead atoms. The smallest absolute Gasteiger partial charge is 0.306 e. The first-order valence-electron chi connectivity index (χ1n) is 21.4. The highest BCUT2D eigenvalue weighted by molar-refractivity contribution is 5.70. The number of rotatable bonds is 35. The number of hydrogen-bond acceptors (Lipinski definition) is 10. The zero-order valence-electron chi connectivity index (χ0n) is 33.5. The Hall–Kier alpha value is -1.82. The van der Waals surface area contributed by atoms with Gasteiger partial charge in [0.2, 0.25) is 0 Å². The van der Waals surface area contributed by atoms with E-state index < -0.39 is 49.4 Å². The molecule has 10 heteroatoms. The van der Waals surface area contributed by atoms with Crippen LogP contribution in [0.5, 0.6) is 0 Å². The molecule has 310 valence electrons. The van der Waals surface area contributed by atoms with Gasteiger partial charge in [0.1, 0.15) is 31.0 Å². The van der Waals surface area contributed by atoms with Crippen molar-refractivity contribution in [3.8, 4) is 0 Å². The van der Waals surface area contributed by atoms with Gasteiger partial charge in [-0.05, 0) is 64.2 Å². The van der Waals surface area contributed by atoms with Gasteiger partial charge in [-0.3, -0.25) is 9.59 Å². The molecule has 53 heavy (non-hydrogen) atoms. The minimum Gasteiger partial charge on any atom is -0.462 e. The minimum atomic E-state index is -1.59. The van der Waals surface area contributed by atoms with Gasteiger partial charge in [0.25, 0.3) is 0 Å². The molecule has 1 aliphatic heterocycles. The van der Waals surface area contributed by atoms with Gasteiger partial charge in [-0.2, -0.15) is 0 Å². The summed E-state index contributed by atoms with van der Waals surface area (Å²) in [5.74, 6) is -0.824. The second kappa shape index (κ2) is 34.7. The first-order chi connectivity index (χ1) is 25.8. The molecule has 1 rings (SSSR count). The number of ether oxygens (including phenoxy) is 4. The molecule has 1 aliphatic rings. The third-order valence-corrected chi connectivity index (χ3v) is 9.81. The zero-order chi connectivity index (χ0) is 38.8. The summed E-state index contributed by atoms with van der Waals surface area (Å²) >= 11 is 0. The Kier molecular flexibility index (Phi) is 32.2. The molecule has 0 amide bonds. The van der Waals surface area contributed by atoms with Crippen molar-refractivity contribution < 1.29 is 49.0 Å². The van der Waals surface area contributed by atoms with Crippen molar-refractivity contribution in [3.63, 3.8) is 0 Å². The van der Waals surface area contributed by atoms with Crippen LogP contribution in [0.1, 0.15) is 181 Å². The largest absolute Gasteiger partial charge is 0.462 e. The number of hydrogen-bond donors (Lipinski definition) is 4. The van der Waals surface area contributed by atoms with Crippen LogP contribution in [-0.4, -0.2) is 89.0 Å². The van der Waals surface area contributed by atoms with Crippen LogP contribution in [-0.2, 0) is 28.5 Å². The topological polar surface area (TPSA) is 152 Å². The fraction of sp³-hybridized carbons (Fsp3) is 0.860. The van der Waals surface area contributed by atoms with Gasteiger partial charge in [0, 0.05) is 12.8 Å². The van der Waals surface area contributed by atoms with E-state index in [9.17, 15) is 30.0 Å². The molecule has 0 aromatic rings. The summed E-state index contributed by atoms with van der Waals surface area (Å²) in [5, 5.41) is 40.0. The van der Waals surface area contributed by atoms with Gasteiger partial charge in [-0.25, -0.2) is 0 Å². The van der Waals surface area contributed by atoms with Crippen LogP contribution in [0, 0.1) is 0 Å². The molecule has 10 nitrogen and oxygen atoms in total. The lowest BCUT2D eigenvalue weighted by atomic mass is 9.99. The number of aliphatic hydroxyl groups is 4. The molecule has 1 fully saturated rings. The van der Waals surface area contributed by atoms with Crippen molar-refractivity contribution in [1.82, 2.24) is 0 Å². The average molecular weight is 755 g/mol. The van der Waals surface area contributed by atoms with Crippen molar-refractivity contribution >= 4 is 11.9 Å². The first kappa shape index (κ1) is 49.2. The molecule has 0 radical (unpaired) electrons. The lowest BCUT2D eigenvalue weighted by molar-refractivity contribution is -0.305. The van der Waals surface area contributed by atoms with E-state index in [4.69, 9.17) is 18.9 Å². The Labute approximate surface area is 322 Å². The predicted molar refractivity (Wildman–Crippen MR) is 210 cm³/mol. The van der Waals surface area contributed by atoms with Crippen LogP contribution >= 0.6 is 0 Å². The summed E-state index contributed by atoms with van der Waals surface area (Å²) in [6, 6.07) is 0. The fourth-order valence-corrected chi connectivity index (χ4v) is 6.35. The summed E-state index contributed by atoms with van der Waals surface area (Å²) in [7, 11) is 0. The molecular weight excluding hydrogens is 676 g/mol. The number of carbonyl (C=O) groups excluding carboxylic acids is 2. The lowest BCUT2D eigenvalue weighted by Gasteiger charge is -2.39. The van der Waals surface area contributed by atoms with Gasteiger partial charge in [-0.1, -0.05) is 128 Å². The molecule has 4 unspecified atom stereocenters. The molecule has 0 aromatic heterocycles. The van der Waals surface area contributed by atoms with Crippen LogP contribution in [0.2, 0.25) is 0 Å². The third-order valence-electron chi connectivity index (χ3n) is 9.81. The number of unbranched alkanes of at least 4 members (excludes halogenated alkanes) is 20. The maximum atomic E-state index is 12.7. The van der Waals surface area contributed by atoms with Crippen molar-refractivity contribution in [1.29, 1.82) is 0 Å². The summed E-state index contributed by atoms with van der Waals surface area (Å²) in [5.41, 5.74) is 0. The van der Waals surface area contributed by atoms with Crippen LogP contribution in [0.4, 0.5) is 0 Å². The number of carbonyl (C=O) groups is 2. The highest BCUT2D eigenvalue weighted by Crippen LogP contribution is 2.22. The van der Waals surface area contributed by atoms with Gasteiger partial charge in [0.15, 0.2) is 12.4 Å². The summed E-state index contributed by atoms with van der Waals surface area (Å²) in [4.78, 5) is 25.2. The highest BCUT2D eigenvalue weighted by atomic mass is 16.7. The maximum absolute atomic E-state index is 12.7. The fourth-order valence-electron chi connectivity index (χ4n) is 6.35. The second-order valence-electron chi connectivity index (χ2n) is 14.8. The Morgan fingerprint density at radius 3 is 1.49 bits per heavy atom. The van der Waals surface area contributed by atoms with Crippen molar-refractivity contribution in [2.75, 3.05) is 19.8 Å². The van der Waals surface area contributed by atoms with Crippen LogP contribution in [0.3, 0.4) is 0 Å². The first-order valence-corrected chi connectivity index (χ1v) is 21.4. The Morgan fingerprint density at radius 2 is 1.00 bits per heavy atom. The van der Waals surface area contributed by atoms with Crippen LogP contribution in [0.15, 0.2) is 24.3 Å². The van der Waals surface area contributed by atoms with Crippen molar-refractivity contribution in [2.24, 2.45) is 0 Å². The van der Waals surface area contributed by atoms with Gasteiger partial charge in [0.05, 0.1) is 13.2 Å². The Bertz CT molecular complexity index is 923. The monoisotopic (exact) mass is 755 g/mol. The standard InChI is InChI=1S/C43H78O10/c1-3-5-7-9-11-13-15-17-18-20-21-23-25-27-29-31-38(45)50-34-36(35-51-43-42(49)41(48)40(47)37(33-44)53-43)52-39(46)32-30-28-26-24-22-19-16-14-12-10-8-6-4-2/h14,16-18,36-37,40-44,47-49H,3-13,15,19-35H2,1-2H3/b16-14-,18-17-/t36?,37?,40-,41?,42?,43+/m0/s1. The summed E-state index contributed by atoms with van der Waals surface area (Å²) in [6.07, 6.45) is 29.0. The molecule has 1 heterocycles. The molecule has 0 saturated carbocycles. The predicted octanol–water partition coefficient (Wildman–Crippen LogP) is 8.55. The van der Waals surface area contributed by atoms with E-state index in [1.165, 1.54) is 70.6 Å². The van der Waals surface area contributed by atoms with E-state index in [2.05, 4.69) is 38.2 Å². The SMILES string of the molecule is CCCCCC/C=C\CCCCCCCC(=O)OC(COC(=O)CCCCCCC/C=C\CCCCCCCC)CO[C@@H]1OC(CO)[C@H](O)C(O)C1O. The molecule has 0 aliphatic carbocycles. The second-order valence-corrected chi connectivity index (χ2v) is 14.8. The van der Waals surface area contributed by atoms with E-state index in [1.807, 2.05) is 0 Å². The zero-order valence-corrected chi connectivity index (χ0v) is 33.5. The number of allylic oxidation sites excluding steroid dienone is 4. The lowest BCUT2D eigenvalue weighted by Crippen LogP contribution is -2.59. The maximum Gasteiger partial charge on any atom is 0.306 e. The van der Waals surface area contributed by atoms with E-state index in [1.54, 1.807) is 0 Å². The highest BCUT2D eigenvalue weighted by Gasteiger charge is 2.44. The van der Waals surface area contributed by atoms with Gasteiger partial charge >= 0.3 is 11.9 Å². The Balaban J connectivity index is 2.36. The molecule has 6 atom stereocenters. The number of aliphatic hydroxyl groups excluding tert-OH is 4. The van der Waals surface area contributed by atoms with Crippen LogP contribution < -0.4 is 0 Å². The van der Waals surface area contributed by atoms with Gasteiger partial charge < -0.3 is 39.4 Å². The van der Waals surface area contributed by atoms with E-state index in [0.717, 1.165) is 70.6 Å². The molecule has 1 saturated heterocycles. The van der Waals surface area contributed by atoms with Crippen molar-refractivity contribution in [3.05, 3.63) is 24.3 Å².